The molecule has 6 nitrogen and oxygen atoms in total. The minimum absolute atomic E-state index is 0.0396. The number of hydrogen-bond donors (Lipinski definition) is 0. The quantitative estimate of drug-likeness (QED) is 0.674. The number of hydrogen-bond acceptors (Lipinski definition) is 6. The first kappa shape index (κ1) is 18.5. The molecule has 1 atom stereocenters. The summed E-state index contributed by atoms with van der Waals surface area (Å²) in [6.07, 6.45) is 2.75. The fraction of sp³-hybridized carbons (Fsp3) is 0.529. The summed E-state index contributed by atoms with van der Waals surface area (Å²) in [5.41, 5.74) is 0.858. The van der Waals surface area contributed by atoms with E-state index < -0.39 is 9.84 Å². The second-order valence-corrected chi connectivity index (χ2v) is 9.54. The maximum Gasteiger partial charge on any atom is 0.247 e. The predicted octanol–water partition coefficient (Wildman–Crippen LogP) is 3.29. The maximum atomic E-state index is 11.8. The van der Waals surface area contributed by atoms with Crippen LogP contribution in [0.3, 0.4) is 0 Å². The van der Waals surface area contributed by atoms with Crippen LogP contribution in [-0.4, -0.2) is 47.6 Å². The highest BCUT2D eigenvalue weighted by Gasteiger charge is 2.32. The Balaban J connectivity index is 1.73. The van der Waals surface area contributed by atoms with Crippen LogP contribution >= 0.6 is 15.9 Å². The fourth-order valence-electron chi connectivity index (χ4n) is 3.04. The summed E-state index contributed by atoms with van der Waals surface area (Å²) in [6, 6.07) is 7.74. The molecule has 2 aromatic rings. The van der Waals surface area contributed by atoms with E-state index in [0.29, 0.717) is 24.7 Å². The van der Waals surface area contributed by atoms with Crippen molar-refractivity contribution in [1.29, 1.82) is 0 Å². The van der Waals surface area contributed by atoms with Gasteiger partial charge in [0.25, 0.3) is 0 Å². The van der Waals surface area contributed by atoms with Crippen LogP contribution in [0.2, 0.25) is 0 Å². The molecule has 2 heterocycles. The Hall–Kier alpha value is -1.25. The Morgan fingerprint density at radius 3 is 2.88 bits per heavy atom. The molecular formula is C17H22BrN3O3S. The van der Waals surface area contributed by atoms with E-state index in [0.717, 1.165) is 29.4 Å². The molecule has 1 unspecified atom stereocenters. The zero-order chi connectivity index (χ0) is 17.9. The molecule has 0 aliphatic carbocycles. The van der Waals surface area contributed by atoms with Gasteiger partial charge in [-0.05, 0) is 37.6 Å². The van der Waals surface area contributed by atoms with E-state index in [1.54, 1.807) is 0 Å². The molecule has 0 N–H and O–H groups in total. The molecule has 25 heavy (non-hydrogen) atoms. The molecule has 3 rings (SSSR count). The van der Waals surface area contributed by atoms with Gasteiger partial charge in [-0.1, -0.05) is 35.3 Å². The van der Waals surface area contributed by atoms with Gasteiger partial charge in [-0.25, -0.2) is 8.42 Å². The summed E-state index contributed by atoms with van der Waals surface area (Å²) < 4.78 is 30.4. The lowest BCUT2D eigenvalue weighted by Gasteiger charge is -2.26. The average Bonchev–Trinajstić information content (AvgIpc) is 3.18. The zero-order valence-electron chi connectivity index (χ0n) is 14.2. The first-order chi connectivity index (χ1) is 12.0. The fourth-order valence-corrected chi connectivity index (χ4v) is 5.21. The summed E-state index contributed by atoms with van der Waals surface area (Å²) >= 11 is 3.44. The highest BCUT2D eigenvalue weighted by atomic mass is 79.9. The van der Waals surface area contributed by atoms with E-state index >= 15 is 0 Å². The molecule has 1 aromatic heterocycles. The molecular weight excluding hydrogens is 406 g/mol. The third kappa shape index (κ3) is 4.89. The molecule has 0 spiro atoms. The van der Waals surface area contributed by atoms with Crippen molar-refractivity contribution in [1.82, 2.24) is 15.1 Å². The van der Waals surface area contributed by atoms with Crippen LogP contribution in [0.5, 0.6) is 0 Å². The van der Waals surface area contributed by atoms with E-state index in [1.807, 2.05) is 24.3 Å². The number of unbranched alkanes of at least 4 members (excludes halogenated alkanes) is 1. The molecule has 0 saturated carbocycles. The van der Waals surface area contributed by atoms with Crippen LogP contribution < -0.4 is 0 Å². The topological polar surface area (TPSA) is 76.3 Å². The molecule has 0 amide bonds. The van der Waals surface area contributed by atoms with Gasteiger partial charge in [-0.3, -0.25) is 4.90 Å². The van der Waals surface area contributed by atoms with Gasteiger partial charge < -0.3 is 4.42 Å². The summed E-state index contributed by atoms with van der Waals surface area (Å²) in [6.45, 7) is 3.45. The lowest BCUT2D eigenvalue weighted by Crippen LogP contribution is -2.36. The van der Waals surface area contributed by atoms with E-state index in [4.69, 9.17) is 4.42 Å². The van der Waals surface area contributed by atoms with Crippen molar-refractivity contribution in [3.63, 3.8) is 0 Å². The van der Waals surface area contributed by atoms with Gasteiger partial charge in [0.05, 0.1) is 18.1 Å². The second kappa shape index (κ2) is 7.97. The third-order valence-corrected chi connectivity index (χ3v) is 6.64. The molecule has 0 bridgehead atoms. The number of nitrogens with zero attached hydrogens (tertiary/aromatic N) is 3. The monoisotopic (exact) mass is 427 g/mol. The highest BCUT2D eigenvalue weighted by molar-refractivity contribution is 9.10. The lowest BCUT2D eigenvalue weighted by atomic mass is 10.2. The average molecular weight is 428 g/mol. The normalized spacial score (nSPS) is 19.6. The van der Waals surface area contributed by atoms with Gasteiger partial charge >= 0.3 is 0 Å². The largest absolute Gasteiger partial charge is 0.419 e. The molecule has 1 saturated heterocycles. The maximum absolute atomic E-state index is 11.8. The molecule has 0 radical (unpaired) electrons. The molecule has 1 aliphatic rings. The number of aromatic nitrogens is 2. The zero-order valence-corrected chi connectivity index (χ0v) is 16.6. The van der Waals surface area contributed by atoms with Crippen molar-refractivity contribution >= 4 is 25.8 Å². The third-order valence-electron chi connectivity index (χ3n) is 4.40. The van der Waals surface area contributed by atoms with Crippen LogP contribution in [0, 0.1) is 0 Å². The Morgan fingerprint density at radius 1 is 1.36 bits per heavy atom. The first-order valence-corrected chi connectivity index (χ1v) is 11.1. The summed E-state index contributed by atoms with van der Waals surface area (Å²) in [5.74, 6) is 1.50. The van der Waals surface area contributed by atoms with Gasteiger partial charge in [0.2, 0.25) is 11.8 Å². The van der Waals surface area contributed by atoms with Crippen LogP contribution in [0.25, 0.3) is 11.5 Å². The van der Waals surface area contributed by atoms with Crippen molar-refractivity contribution in [2.75, 3.05) is 18.1 Å². The number of rotatable bonds is 7. The minimum atomic E-state index is -2.91. The highest BCUT2D eigenvalue weighted by Crippen LogP contribution is 2.24. The van der Waals surface area contributed by atoms with E-state index in [-0.39, 0.29) is 17.5 Å². The minimum Gasteiger partial charge on any atom is -0.419 e. The van der Waals surface area contributed by atoms with Crippen molar-refractivity contribution < 1.29 is 12.8 Å². The van der Waals surface area contributed by atoms with Gasteiger partial charge in [0.1, 0.15) is 0 Å². The Kier molecular flexibility index (Phi) is 5.91. The van der Waals surface area contributed by atoms with E-state index in [2.05, 4.69) is 38.0 Å². The molecule has 1 aromatic carbocycles. The van der Waals surface area contributed by atoms with Crippen LogP contribution in [-0.2, 0) is 16.4 Å². The predicted molar refractivity (Wildman–Crippen MR) is 99.8 cm³/mol. The lowest BCUT2D eigenvalue weighted by molar-refractivity contribution is 0.182. The van der Waals surface area contributed by atoms with Crippen molar-refractivity contribution in [2.45, 2.75) is 38.8 Å². The summed E-state index contributed by atoms with van der Waals surface area (Å²) in [7, 11) is -2.91. The van der Waals surface area contributed by atoms with Gasteiger partial charge in [0.15, 0.2) is 9.84 Å². The number of benzene rings is 1. The molecule has 1 aliphatic heterocycles. The van der Waals surface area contributed by atoms with Gasteiger partial charge in [-0.2, -0.15) is 0 Å². The summed E-state index contributed by atoms with van der Waals surface area (Å²) in [4.78, 5) is 2.17. The Labute approximate surface area is 156 Å². The molecule has 1 fully saturated rings. The van der Waals surface area contributed by atoms with Crippen LogP contribution in [0.15, 0.2) is 33.2 Å². The number of sulfone groups is 1. The summed E-state index contributed by atoms with van der Waals surface area (Å²) in [5, 5.41) is 8.29. The van der Waals surface area contributed by atoms with Crippen molar-refractivity contribution in [2.24, 2.45) is 0 Å². The van der Waals surface area contributed by atoms with E-state index in [9.17, 15) is 8.42 Å². The second-order valence-electron chi connectivity index (χ2n) is 6.39. The van der Waals surface area contributed by atoms with Gasteiger partial charge in [-0.15, -0.1) is 10.2 Å². The van der Waals surface area contributed by atoms with Crippen molar-refractivity contribution in [3.8, 4) is 11.5 Å². The first-order valence-electron chi connectivity index (χ1n) is 8.49. The van der Waals surface area contributed by atoms with E-state index in [1.165, 1.54) is 0 Å². The Morgan fingerprint density at radius 2 is 2.20 bits per heavy atom. The van der Waals surface area contributed by atoms with Crippen molar-refractivity contribution in [3.05, 3.63) is 34.6 Å². The smallest absolute Gasteiger partial charge is 0.247 e. The van der Waals surface area contributed by atoms with Crippen LogP contribution in [0.4, 0.5) is 0 Å². The SMILES string of the molecule is CCCCN(Cc1nnc(-c2cccc(Br)c2)o1)C1CCS(=O)(=O)C1. The standard InChI is InChI=1S/C17H22BrN3O3S/c1-2-3-8-21(15-7-9-25(22,23)12-15)11-16-19-20-17(24-16)13-5-4-6-14(18)10-13/h4-6,10,15H,2-3,7-9,11-12H2,1H3. The molecule has 8 heteroatoms. The van der Waals surface area contributed by atoms with Crippen LogP contribution in [0.1, 0.15) is 32.1 Å². The number of halogens is 1. The molecule has 136 valence electrons. The Bertz CT molecular complexity index is 822. The van der Waals surface area contributed by atoms with Gasteiger partial charge in [0, 0.05) is 16.1 Å².